The van der Waals surface area contributed by atoms with Gasteiger partial charge in [0, 0.05) is 0 Å². The van der Waals surface area contributed by atoms with Gasteiger partial charge >= 0.3 is 0 Å². The number of rotatable bonds is 2. The van der Waals surface area contributed by atoms with Gasteiger partial charge in [0.2, 0.25) is 0 Å². The maximum atomic E-state index is 8.18. The lowest BCUT2D eigenvalue weighted by atomic mass is 9.97. The van der Waals surface area contributed by atoms with Crippen molar-refractivity contribution in [2.45, 2.75) is 12.8 Å². The van der Waals surface area contributed by atoms with Crippen LogP contribution in [-0.2, 0) is 6.42 Å². The molecule has 2 rings (SSSR count). The zero-order valence-electron chi connectivity index (χ0n) is 10.6. The fraction of sp³-hybridized carbons (Fsp3) is 0.188. The van der Waals surface area contributed by atoms with E-state index in [0.29, 0.717) is 5.71 Å². The molecule has 0 saturated carbocycles. The summed E-state index contributed by atoms with van der Waals surface area (Å²) >= 11 is 0. The maximum Gasteiger partial charge on any atom is 0.119 e. The van der Waals surface area contributed by atoms with Crippen LogP contribution >= 0.6 is 0 Å². The van der Waals surface area contributed by atoms with Gasteiger partial charge in [-0.15, -0.1) is 0 Å². The minimum atomic E-state index is 0.513. The lowest BCUT2D eigenvalue weighted by molar-refractivity contribution is 0.414. The van der Waals surface area contributed by atoms with Crippen LogP contribution in [0.15, 0.2) is 49.1 Å². The SMILES string of the molecule is C=C/C=C1/CCc2cc(OC)ccc2C(=C)C1=N. The van der Waals surface area contributed by atoms with E-state index in [1.165, 1.54) is 5.56 Å². The van der Waals surface area contributed by atoms with E-state index in [0.717, 1.165) is 35.3 Å². The minimum Gasteiger partial charge on any atom is -0.497 e. The number of hydrogen-bond acceptors (Lipinski definition) is 2. The molecule has 92 valence electrons. The third-order valence-corrected chi connectivity index (χ3v) is 3.24. The van der Waals surface area contributed by atoms with Crippen LogP contribution in [0.3, 0.4) is 0 Å². The first kappa shape index (κ1) is 12.4. The molecule has 0 atom stereocenters. The standard InChI is InChI=1S/C16H17NO/c1-4-5-12-6-7-13-10-14(18-3)8-9-15(13)11(2)16(12)17/h4-5,8-10,17H,1-2,6-7H2,3H3/b12-5-,17-16?. The smallest absolute Gasteiger partial charge is 0.119 e. The van der Waals surface area contributed by atoms with Crippen LogP contribution in [0.25, 0.3) is 5.57 Å². The van der Waals surface area contributed by atoms with E-state index in [9.17, 15) is 0 Å². The van der Waals surface area contributed by atoms with Crippen molar-refractivity contribution in [2.75, 3.05) is 7.11 Å². The highest BCUT2D eigenvalue weighted by Gasteiger charge is 2.19. The summed E-state index contributed by atoms with van der Waals surface area (Å²) in [5.41, 5.74) is 4.52. The Bertz CT molecular complexity index is 552. The van der Waals surface area contributed by atoms with Crippen LogP contribution in [0.4, 0.5) is 0 Å². The van der Waals surface area contributed by atoms with E-state index in [1.807, 2.05) is 24.3 Å². The van der Waals surface area contributed by atoms with Gasteiger partial charge in [-0.3, -0.25) is 5.41 Å². The highest BCUT2D eigenvalue weighted by Crippen LogP contribution is 2.31. The van der Waals surface area contributed by atoms with Gasteiger partial charge in [0.25, 0.3) is 0 Å². The molecule has 1 aromatic rings. The molecule has 0 aromatic heterocycles. The van der Waals surface area contributed by atoms with Gasteiger partial charge in [-0.25, -0.2) is 0 Å². The molecule has 2 heteroatoms. The third kappa shape index (κ3) is 2.14. The van der Waals surface area contributed by atoms with Gasteiger partial charge in [-0.05, 0) is 47.2 Å². The zero-order valence-corrected chi connectivity index (χ0v) is 10.6. The minimum absolute atomic E-state index is 0.513. The Morgan fingerprint density at radius 1 is 1.33 bits per heavy atom. The Morgan fingerprint density at radius 2 is 2.11 bits per heavy atom. The summed E-state index contributed by atoms with van der Waals surface area (Å²) in [4.78, 5) is 0. The van der Waals surface area contributed by atoms with Gasteiger partial charge in [-0.2, -0.15) is 0 Å². The fourth-order valence-corrected chi connectivity index (χ4v) is 2.23. The molecule has 0 saturated heterocycles. The molecule has 0 unspecified atom stereocenters. The summed E-state index contributed by atoms with van der Waals surface area (Å²) in [6, 6.07) is 5.94. The topological polar surface area (TPSA) is 33.1 Å². The first-order valence-electron chi connectivity index (χ1n) is 5.94. The number of ether oxygens (including phenoxy) is 1. The second-order valence-corrected chi connectivity index (χ2v) is 4.30. The second-order valence-electron chi connectivity index (χ2n) is 4.30. The Hall–Kier alpha value is -2.09. The zero-order chi connectivity index (χ0) is 13.1. The molecule has 1 aromatic carbocycles. The van der Waals surface area contributed by atoms with Crippen molar-refractivity contribution >= 4 is 11.3 Å². The molecular formula is C16H17NO. The van der Waals surface area contributed by atoms with Crippen molar-refractivity contribution in [1.82, 2.24) is 0 Å². The highest BCUT2D eigenvalue weighted by atomic mass is 16.5. The molecule has 0 radical (unpaired) electrons. The highest BCUT2D eigenvalue weighted by molar-refractivity contribution is 6.30. The summed E-state index contributed by atoms with van der Waals surface area (Å²) in [6.45, 7) is 7.74. The number of nitrogens with one attached hydrogen (secondary N) is 1. The number of aryl methyl sites for hydroxylation is 1. The monoisotopic (exact) mass is 239 g/mol. The van der Waals surface area contributed by atoms with E-state index in [2.05, 4.69) is 13.2 Å². The molecule has 0 amide bonds. The predicted octanol–water partition coefficient (Wildman–Crippen LogP) is 3.79. The summed E-state index contributed by atoms with van der Waals surface area (Å²) in [6.07, 6.45) is 5.36. The Balaban J connectivity index is 2.48. The van der Waals surface area contributed by atoms with Crippen LogP contribution in [0.1, 0.15) is 17.5 Å². The van der Waals surface area contributed by atoms with Crippen LogP contribution in [0, 0.1) is 5.41 Å². The lowest BCUT2D eigenvalue weighted by Crippen LogP contribution is -2.01. The number of allylic oxidation sites excluding steroid dienone is 4. The molecule has 0 fully saturated rings. The Kier molecular flexibility index (Phi) is 3.47. The largest absolute Gasteiger partial charge is 0.497 e. The van der Waals surface area contributed by atoms with Crippen LogP contribution < -0.4 is 4.74 Å². The van der Waals surface area contributed by atoms with Gasteiger partial charge in [0.1, 0.15) is 5.75 Å². The second kappa shape index (κ2) is 5.05. The molecule has 1 N–H and O–H groups in total. The molecule has 2 nitrogen and oxygen atoms in total. The van der Waals surface area contributed by atoms with E-state index in [1.54, 1.807) is 13.2 Å². The number of fused-ring (bicyclic) bond motifs is 1. The first-order chi connectivity index (χ1) is 8.67. The normalized spacial score (nSPS) is 17.3. The Morgan fingerprint density at radius 3 is 2.78 bits per heavy atom. The van der Waals surface area contributed by atoms with Crippen LogP contribution in [0.5, 0.6) is 5.75 Å². The van der Waals surface area contributed by atoms with Gasteiger partial charge in [0.15, 0.2) is 0 Å². The molecule has 1 aliphatic rings. The molecule has 0 bridgehead atoms. The number of methoxy groups -OCH3 is 1. The van der Waals surface area contributed by atoms with E-state index in [4.69, 9.17) is 10.1 Å². The third-order valence-electron chi connectivity index (χ3n) is 3.24. The summed E-state index contributed by atoms with van der Waals surface area (Å²) in [7, 11) is 1.67. The average molecular weight is 239 g/mol. The average Bonchev–Trinajstić information content (AvgIpc) is 2.51. The van der Waals surface area contributed by atoms with Crippen molar-refractivity contribution in [1.29, 1.82) is 5.41 Å². The van der Waals surface area contributed by atoms with Crippen molar-refractivity contribution in [2.24, 2.45) is 0 Å². The number of benzene rings is 1. The van der Waals surface area contributed by atoms with Gasteiger partial charge < -0.3 is 4.74 Å². The van der Waals surface area contributed by atoms with Crippen LogP contribution in [0.2, 0.25) is 0 Å². The molecule has 0 spiro atoms. The van der Waals surface area contributed by atoms with E-state index in [-0.39, 0.29) is 0 Å². The quantitative estimate of drug-likeness (QED) is 0.783. The molecule has 0 heterocycles. The number of hydrogen-bond donors (Lipinski definition) is 1. The maximum absolute atomic E-state index is 8.18. The summed E-state index contributed by atoms with van der Waals surface area (Å²) in [5, 5.41) is 8.18. The Labute approximate surface area is 108 Å². The summed E-state index contributed by atoms with van der Waals surface area (Å²) in [5.74, 6) is 0.851. The molecular weight excluding hydrogens is 222 g/mol. The van der Waals surface area contributed by atoms with Crippen molar-refractivity contribution in [3.63, 3.8) is 0 Å². The molecule has 1 aliphatic carbocycles. The summed E-state index contributed by atoms with van der Waals surface area (Å²) < 4.78 is 5.24. The van der Waals surface area contributed by atoms with Crippen LogP contribution in [-0.4, -0.2) is 12.8 Å². The first-order valence-corrected chi connectivity index (χ1v) is 5.94. The fourth-order valence-electron chi connectivity index (χ4n) is 2.23. The van der Waals surface area contributed by atoms with Crippen molar-refractivity contribution < 1.29 is 4.74 Å². The predicted molar refractivity (Wildman–Crippen MR) is 76.4 cm³/mol. The van der Waals surface area contributed by atoms with Crippen molar-refractivity contribution in [3.8, 4) is 5.75 Å². The molecule has 18 heavy (non-hydrogen) atoms. The van der Waals surface area contributed by atoms with Gasteiger partial charge in [0.05, 0.1) is 12.8 Å². The van der Waals surface area contributed by atoms with Crippen molar-refractivity contribution in [3.05, 3.63) is 60.2 Å². The molecule has 0 aliphatic heterocycles. The van der Waals surface area contributed by atoms with E-state index >= 15 is 0 Å². The van der Waals surface area contributed by atoms with E-state index < -0.39 is 0 Å². The van der Waals surface area contributed by atoms with Gasteiger partial charge in [-0.1, -0.05) is 31.4 Å². The lowest BCUT2D eigenvalue weighted by Gasteiger charge is -2.09.